The third-order valence-electron chi connectivity index (χ3n) is 5.22. The standard InChI is InChI=1S/C22H23N7/c1-16(24)10-18-11-19(15-25-18)28-6-8-29(9-7-28)21-5-3-2-4-20(21)17-13-26-22(12-23)27-14-17/h2-5,11,13-14,24H,6-10,15H2,1H3. The highest BCUT2D eigenvalue weighted by atomic mass is 15.3. The maximum Gasteiger partial charge on any atom is 0.232 e. The number of nitriles is 1. The number of anilines is 1. The van der Waals surface area contributed by atoms with Gasteiger partial charge < -0.3 is 15.2 Å². The minimum Gasteiger partial charge on any atom is -0.370 e. The molecule has 1 fully saturated rings. The monoisotopic (exact) mass is 385 g/mol. The van der Waals surface area contributed by atoms with E-state index in [1.807, 2.05) is 19.1 Å². The van der Waals surface area contributed by atoms with Gasteiger partial charge in [0, 0.05) is 78.9 Å². The van der Waals surface area contributed by atoms with Crippen molar-refractivity contribution in [1.82, 2.24) is 14.9 Å². The van der Waals surface area contributed by atoms with Crippen LogP contribution in [0.2, 0.25) is 0 Å². The first-order valence-corrected chi connectivity index (χ1v) is 9.73. The normalized spacial score (nSPS) is 16.3. The van der Waals surface area contributed by atoms with Crippen molar-refractivity contribution in [2.24, 2.45) is 4.99 Å². The molecule has 2 aliphatic heterocycles. The molecule has 2 aromatic rings. The molecular formula is C22H23N7. The summed E-state index contributed by atoms with van der Waals surface area (Å²) in [4.78, 5) is 17.6. The first kappa shape index (κ1) is 18.8. The van der Waals surface area contributed by atoms with Gasteiger partial charge in [-0.25, -0.2) is 9.97 Å². The maximum absolute atomic E-state index is 8.92. The van der Waals surface area contributed by atoms with E-state index in [-0.39, 0.29) is 5.82 Å². The molecule has 0 radical (unpaired) electrons. The van der Waals surface area contributed by atoms with Gasteiger partial charge in [-0.15, -0.1) is 0 Å². The van der Waals surface area contributed by atoms with Crippen LogP contribution < -0.4 is 4.90 Å². The number of allylic oxidation sites excluding steroid dienone is 1. The quantitative estimate of drug-likeness (QED) is 0.799. The zero-order valence-electron chi connectivity index (χ0n) is 16.5. The van der Waals surface area contributed by atoms with Gasteiger partial charge in [-0.1, -0.05) is 18.2 Å². The van der Waals surface area contributed by atoms with Crippen LogP contribution in [0.25, 0.3) is 11.1 Å². The molecule has 0 unspecified atom stereocenters. The fraction of sp³-hybridized carbons (Fsp3) is 0.318. The Morgan fingerprint density at radius 1 is 1.10 bits per heavy atom. The van der Waals surface area contributed by atoms with Crippen LogP contribution in [0, 0.1) is 16.7 Å². The van der Waals surface area contributed by atoms with Gasteiger partial charge in [-0.2, -0.15) is 5.26 Å². The lowest BCUT2D eigenvalue weighted by Gasteiger charge is -2.38. The van der Waals surface area contributed by atoms with Crippen molar-refractivity contribution in [2.75, 3.05) is 37.6 Å². The van der Waals surface area contributed by atoms with Crippen molar-refractivity contribution >= 4 is 17.1 Å². The highest BCUT2D eigenvalue weighted by molar-refractivity contribution is 6.09. The Balaban J connectivity index is 1.46. The molecule has 7 nitrogen and oxygen atoms in total. The number of aromatic nitrogens is 2. The molecule has 1 N–H and O–H groups in total. The lowest BCUT2D eigenvalue weighted by Crippen LogP contribution is -2.46. The number of nitrogens with zero attached hydrogens (tertiary/aromatic N) is 6. The van der Waals surface area contributed by atoms with Gasteiger partial charge in [0.25, 0.3) is 0 Å². The number of para-hydroxylation sites is 1. The number of nitrogens with one attached hydrogen (secondary N) is 1. The molecule has 1 aromatic carbocycles. The van der Waals surface area contributed by atoms with Crippen LogP contribution in [0.4, 0.5) is 5.69 Å². The highest BCUT2D eigenvalue weighted by Gasteiger charge is 2.23. The number of piperazine rings is 1. The van der Waals surface area contributed by atoms with Crippen molar-refractivity contribution in [1.29, 1.82) is 10.7 Å². The number of hydrogen-bond donors (Lipinski definition) is 1. The second kappa shape index (κ2) is 8.23. The summed E-state index contributed by atoms with van der Waals surface area (Å²) < 4.78 is 0. The number of hydrogen-bond acceptors (Lipinski definition) is 7. The van der Waals surface area contributed by atoms with Crippen LogP contribution in [-0.2, 0) is 0 Å². The van der Waals surface area contributed by atoms with Crippen molar-refractivity contribution < 1.29 is 0 Å². The minimum absolute atomic E-state index is 0.185. The zero-order chi connectivity index (χ0) is 20.2. The van der Waals surface area contributed by atoms with Gasteiger partial charge in [0.05, 0.1) is 6.54 Å². The smallest absolute Gasteiger partial charge is 0.232 e. The SMILES string of the molecule is CC(=N)CC1=NCC(N2CCN(c3ccccc3-c3cnc(C#N)nc3)CC2)=C1. The lowest BCUT2D eigenvalue weighted by molar-refractivity contribution is 0.320. The Kier molecular flexibility index (Phi) is 5.34. The summed E-state index contributed by atoms with van der Waals surface area (Å²) in [5.74, 6) is 0.185. The number of rotatable bonds is 5. The predicted octanol–water partition coefficient (Wildman–Crippen LogP) is 2.91. The van der Waals surface area contributed by atoms with Crippen molar-refractivity contribution in [3.05, 3.63) is 54.3 Å². The molecule has 2 aliphatic rings. The lowest BCUT2D eigenvalue weighted by atomic mass is 10.1. The highest BCUT2D eigenvalue weighted by Crippen LogP contribution is 2.31. The summed E-state index contributed by atoms with van der Waals surface area (Å²) in [6.07, 6.45) is 6.22. The topological polar surface area (TPSA) is 92.3 Å². The van der Waals surface area contributed by atoms with Crippen LogP contribution in [0.5, 0.6) is 0 Å². The van der Waals surface area contributed by atoms with Gasteiger partial charge in [0.2, 0.25) is 5.82 Å². The molecule has 0 amide bonds. The van der Waals surface area contributed by atoms with Crippen LogP contribution in [0.15, 0.2) is 53.4 Å². The summed E-state index contributed by atoms with van der Waals surface area (Å²) in [7, 11) is 0. The Labute approximate surface area is 170 Å². The minimum atomic E-state index is 0.185. The molecule has 3 heterocycles. The summed E-state index contributed by atoms with van der Waals surface area (Å²) >= 11 is 0. The van der Waals surface area contributed by atoms with Gasteiger partial charge in [-0.3, -0.25) is 4.99 Å². The van der Waals surface area contributed by atoms with E-state index in [0.717, 1.165) is 55.2 Å². The molecule has 0 atom stereocenters. The van der Waals surface area contributed by atoms with E-state index >= 15 is 0 Å². The summed E-state index contributed by atoms with van der Waals surface area (Å²) in [6, 6.07) is 10.2. The number of aliphatic imine (C=N–C) groups is 1. The van der Waals surface area contributed by atoms with Crippen LogP contribution in [-0.4, -0.2) is 59.0 Å². The summed E-state index contributed by atoms with van der Waals surface area (Å²) in [5.41, 5.74) is 6.08. The predicted molar refractivity (Wildman–Crippen MR) is 114 cm³/mol. The molecule has 7 heteroatoms. The van der Waals surface area contributed by atoms with E-state index in [1.165, 1.54) is 5.70 Å². The Morgan fingerprint density at radius 3 is 2.48 bits per heavy atom. The molecule has 1 aromatic heterocycles. The van der Waals surface area contributed by atoms with Crippen molar-refractivity contribution in [3.63, 3.8) is 0 Å². The second-order valence-corrected chi connectivity index (χ2v) is 7.30. The molecule has 4 rings (SSSR count). The van der Waals surface area contributed by atoms with Crippen molar-refractivity contribution in [2.45, 2.75) is 13.3 Å². The summed E-state index contributed by atoms with van der Waals surface area (Å²) in [6.45, 7) is 6.27. The first-order valence-electron chi connectivity index (χ1n) is 9.73. The fourth-order valence-electron chi connectivity index (χ4n) is 3.79. The zero-order valence-corrected chi connectivity index (χ0v) is 16.5. The van der Waals surface area contributed by atoms with E-state index < -0.39 is 0 Å². The molecule has 0 spiro atoms. The van der Waals surface area contributed by atoms with E-state index in [4.69, 9.17) is 10.7 Å². The third-order valence-corrected chi connectivity index (χ3v) is 5.22. The largest absolute Gasteiger partial charge is 0.370 e. The molecule has 0 aliphatic carbocycles. The average molecular weight is 385 g/mol. The molecule has 29 heavy (non-hydrogen) atoms. The molecular weight excluding hydrogens is 362 g/mol. The average Bonchev–Trinajstić information content (AvgIpc) is 3.22. The van der Waals surface area contributed by atoms with Crippen LogP contribution in [0.3, 0.4) is 0 Å². The van der Waals surface area contributed by atoms with Crippen LogP contribution >= 0.6 is 0 Å². The van der Waals surface area contributed by atoms with Crippen LogP contribution in [0.1, 0.15) is 19.2 Å². The van der Waals surface area contributed by atoms with Gasteiger partial charge in [0.15, 0.2) is 0 Å². The molecule has 1 saturated heterocycles. The first-order chi connectivity index (χ1) is 14.1. The Hall–Kier alpha value is -3.53. The van der Waals surface area contributed by atoms with Gasteiger partial charge in [0.1, 0.15) is 6.07 Å². The van der Waals surface area contributed by atoms with Gasteiger partial charge >= 0.3 is 0 Å². The van der Waals surface area contributed by atoms with Crippen molar-refractivity contribution in [3.8, 4) is 17.2 Å². The van der Waals surface area contributed by atoms with Gasteiger partial charge in [-0.05, 0) is 19.1 Å². The molecule has 146 valence electrons. The Morgan fingerprint density at radius 2 is 1.79 bits per heavy atom. The van der Waals surface area contributed by atoms with E-state index in [9.17, 15) is 0 Å². The fourth-order valence-corrected chi connectivity index (χ4v) is 3.79. The van der Waals surface area contributed by atoms with E-state index in [2.05, 4.69) is 49.0 Å². The second-order valence-electron chi connectivity index (χ2n) is 7.30. The molecule has 0 saturated carbocycles. The molecule has 0 bridgehead atoms. The van der Waals surface area contributed by atoms with E-state index in [0.29, 0.717) is 12.1 Å². The summed E-state index contributed by atoms with van der Waals surface area (Å²) in [5, 5.41) is 16.6. The Bertz CT molecular complexity index is 1010. The third kappa shape index (κ3) is 4.16. The van der Waals surface area contributed by atoms with E-state index in [1.54, 1.807) is 12.4 Å². The maximum atomic E-state index is 8.92. The number of benzene rings is 1.